The molecule has 0 bridgehead atoms. The predicted octanol–water partition coefficient (Wildman–Crippen LogP) is 3.54. The number of nitrogens with zero attached hydrogens (tertiary/aromatic N) is 1. The number of hydrogen-bond donors (Lipinski definition) is 2. The third kappa shape index (κ3) is 5.81. The molecule has 3 rings (SSSR count). The number of amides is 1. The van der Waals surface area contributed by atoms with Gasteiger partial charge in [0.05, 0.1) is 5.75 Å². The molecule has 0 fully saturated rings. The molecule has 1 aromatic heterocycles. The second-order valence-electron chi connectivity index (χ2n) is 7.62. The third-order valence-electron chi connectivity index (χ3n) is 4.60. The van der Waals surface area contributed by atoms with E-state index in [4.69, 9.17) is 0 Å². The fourth-order valence-corrected chi connectivity index (χ4v) is 4.61. The molecule has 0 saturated heterocycles. The van der Waals surface area contributed by atoms with Crippen LogP contribution in [0.4, 0.5) is 0 Å². The highest BCUT2D eigenvalue weighted by atomic mass is 32.2. The van der Waals surface area contributed by atoms with Gasteiger partial charge in [0.1, 0.15) is 0 Å². The number of nitrogens with one attached hydrogen (secondary N) is 2. The minimum absolute atomic E-state index is 0.0661. The molecule has 0 aliphatic carbocycles. The molecule has 3 aromatic rings. The molecule has 0 saturated carbocycles. The average Bonchev–Trinajstić information content (AvgIpc) is 3.20. The molecule has 0 radical (unpaired) electrons. The Morgan fingerprint density at radius 3 is 2.27 bits per heavy atom. The van der Waals surface area contributed by atoms with Gasteiger partial charge in [0.2, 0.25) is 10.0 Å². The van der Waals surface area contributed by atoms with Crippen molar-refractivity contribution in [3.63, 3.8) is 0 Å². The zero-order valence-corrected chi connectivity index (χ0v) is 18.2. The van der Waals surface area contributed by atoms with E-state index in [-0.39, 0.29) is 17.7 Å². The summed E-state index contributed by atoms with van der Waals surface area (Å²) in [4.78, 5) is 12.6. The lowest BCUT2D eigenvalue weighted by atomic mass is 10.1. The highest BCUT2D eigenvalue weighted by Gasteiger charge is 2.13. The van der Waals surface area contributed by atoms with Crippen LogP contribution in [-0.2, 0) is 22.3 Å². The number of carbonyl (C=O) groups excluding carboxylic acids is 1. The van der Waals surface area contributed by atoms with E-state index in [1.807, 2.05) is 66.3 Å². The molecule has 2 N–H and O–H groups in total. The van der Waals surface area contributed by atoms with Crippen molar-refractivity contribution in [1.82, 2.24) is 14.6 Å². The van der Waals surface area contributed by atoms with Gasteiger partial charge in [-0.3, -0.25) is 4.79 Å². The molecule has 0 aliphatic heterocycles. The Morgan fingerprint density at radius 1 is 1.00 bits per heavy atom. The second kappa shape index (κ2) is 9.28. The monoisotopic (exact) mass is 425 g/mol. The fraction of sp³-hybridized carbons (Fsp3) is 0.261. The molecule has 7 heteroatoms. The van der Waals surface area contributed by atoms with Crippen LogP contribution in [0.1, 0.15) is 40.9 Å². The summed E-state index contributed by atoms with van der Waals surface area (Å²) in [6.07, 6.45) is 3.89. The van der Waals surface area contributed by atoms with Gasteiger partial charge in [-0.1, -0.05) is 30.3 Å². The van der Waals surface area contributed by atoms with Gasteiger partial charge < -0.3 is 9.88 Å². The normalized spacial score (nSPS) is 11.6. The SMILES string of the molecule is Cc1ccc(C(=O)NCc2ccc(CS(=O)(=O)NC(C)C)cc2)cc1-n1cccc1. The summed E-state index contributed by atoms with van der Waals surface area (Å²) in [6, 6.07) is 16.6. The Kier molecular flexibility index (Phi) is 6.74. The Bertz CT molecular complexity index is 1100. The number of rotatable bonds is 8. The molecule has 1 amide bonds. The van der Waals surface area contributed by atoms with Gasteiger partial charge in [0.25, 0.3) is 5.91 Å². The zero-order valence-electron chi connectivity index (χ0n) is 17.4. The molecule has 158 valence electrons. The van der Waals surface area contributed by atoms with Crippen molar-refractivity contribution in [3.8, 4) is 5.69 Å². The Morgan fingerprint density at radius 2 is 1.63 bits per heavy atom. The van der Waals surface area contributed by atoms with Crippen LogP contribution in [0.2, 0.25) is 0 Å². The quantitative estimate of drug-likeness (QED) is 0.579. The molecule has 6 nitrogen and oxygen atoms in total. The van der Waals surface area contributed by atoms with Crippen molar-refractivity contribution in [1.29, 1.82) is 0 Å². The smallest absolute Gasteiger partial charge is 0.251 e. The number of hydrogen-bond acceptors (Lipinski definition) is 3. The first-order valence-electron chi connectivity index (χ1n) is 9.83. The minimum Gasteiger partial charge on any atom is -0.348 e. The summed E-state index contributed by atoms with van der Waals surface area (Å²) in [7, 11) is -3.36. The van der Waals surface area contributed by atoms with Crippen molar-refractivity contribution in [2.75, 3.05) is 0 Å². The van der Waals surface area contributed by atoms with Crippen LogP contribution >= 0.6 is 0 Å². The van der Waals surface area contributed by atoms with Crippen molar-refractivity contribution >= 4 is 15.9 Å². The highest BCUT2D eigenvalue weighted by molar-refractivity contribution is 7.88. The largest absolute Gasteiger partial charge is 0.348 e. The van der Waals surface area contributed by atoms with E-state index in [2.05, 4.69) is 10.0 Å². The first-order chi connectivity index (χ1) is 14.2. The van der Waals surface area contributed by atoms with E-state index >= 15 is 0 Å². The number of carbonyl (C=O) groups is 1. The Labute approximate surface area is 178 Å². The van der Waals surface area contributed by atoms with E-state index in [1.54, 1.807) is 26.0 Å². The third-order valence-corrected chi connectivity index (χ3v) is 6.15. The van der Waals surface area contributed by atoms with Crippen LogP contribution in [0.15, 0.2) is 67.0 Å². The predicted molar refractivity (Wildman–Crippen MR) is 119 cm³/mol. The standard InChI is InChI=1S/C23H27N3O3S/c1-17(2)25-30(28,29)16-20-9-7-19(8-10-20)15-24-23(27)21-11-6-18(3)22(14-21)26-12-4-5-13-26/h4-14,17,25H,15-16H2,1-3H3,(H,24,27). The van der Waals surface area contributed by atoms with Crippen molar-refractivity contribution in [2.45, 2.75) is 39.1 Å². The first-order valence-corrected chi connectivity index (χ1v) is 11.5. The van der Waals surface area contributed by atoms with E-state index < -0.39 is 10.0 Å². The Hall–Kier alpha value is -2.90. The van der Waals surface area contributed by atoms with E-state index in [1.165, 1.54) is 0 Å². The van der Waals surface area contributed by atoms with Gasteiger partial charge in [0.15, 0.2) is 0 Å². The number of aryl methyl sites for hydroxylation is 1. The number of aromatic nitrogens is 1. The van der Waals surface area contributed by atoms with Crippen LogP contribution in [0.5, 0.6) is 0 Å². The van der Waals surface area contributed by atoms with Crippen LogP contribution in [0.3, 0.4) is 0 Å². The maximum Gasteiger partial charge on any atom is 0.251 e. The van der Waals surface area contributed by atoms with Crippen molar-refractivity contribution < 1.29 is 13.2 Å². The van der Waals surface area contributed by atoms with E-state index in [9.17, 15) is 13.2 Å². The van der Waals surface area contributed by atoms with Crippen molar-refractivity contribution in [3.05, 3.63) is 89.2 Å². The molecule has 0 spiro atoms. The lowest BCUT2D eigenvalue weighted by molar-refractivity contribution is 0.0951. The average molecular weight is 426 g/mol. The zero-order chi connectivity index (χ0) is 21.7. The van der Waals surface area contributed by atoms with Gasteiger partial charge in [-0.25, -0.2) is 13.1 Å². The van der Waals surface area contributed by atoms with E-state index in [0.717, 1.165) is 16.8 Å². The summed E-state index contributed by atoms with van der Waals surface area (Å²) >= 11 is 0. The first kappa shape index (κ1) is 21.8. The summed E-state index contributed by atoms with van der Waals surface area (Å²) in [6.45, 7) is 5.95. The van der Waals surface area contributed by atoms with Crippen molar-refractivity contribution in [2.24, 2.45) is 0 Å². The second-order valence-corrected chi connectivity index (χ2v) is 9.38. The molecule has 0 unspecified atom stereocenters. The summed E-state index contributed by atoms with van der Waals surface area (Å²) in [5.74, 6) is -0.222. The van der Waals surface area contributed by atoms with Crippen LogP contribution in [-0.4, -0.2) is 24.9 Å². The van der Waals surface area contributed by atoms with Gasteiger partial charge in [-0.05, 0) is 61.7 Å². The van der Waals surface area contributed by atoms with Gasteiger partial charge in [0, 0.05) is 36.2 Å². The van der Waals surface area contributed by atoms with E-state index in [0.29, 0.717) is 17.7 Å². The fourth-order valence-electron chi connectivity index (χ4n) is 3.18. The topological polar surface area (TPSA) is 80.2 Å². The molecular formula is C23H27N3O3S. The summed E-state index contributed by atoms with van der Waals surface area (Å²) < 4.78 is 28.6. The maximum atomic E-state index is 12.6. The molecule has 0 atom stereocenters. The summed E-state index contributed by atoms with van der Waals surface area (Å²) in [5.41, 5.74) is 4.24. The number of benzene rings is 2. The van der Waals surface area contributed by atoms with Gasteiger partial charge >= 0.3 is 0 Å². The molecule has 1 heterocycles. The van der Waals surface area contributed by atoms with Crippen LogP contribution < -0.4 is 10.0 Å². The lowest BCUT2D eigenvalue weighted by Crippen LogP contribution is -2.31. The van der Waals surface area contributed by atoms with Crippen LogP contribution in [0.25, 0.3) is 5.69 Å². The lowest BCUT2D eigenvalue weighted by Gasteiger charge is -2.11. The highest BCUT2D eigenvalue weighted by Crippen LogP contribution is 2.17. The van der Waals surface area contributed by atoms with Crippen LogP contribution in [0, 0.1) is 6.92 Å². The molecular weight excluding hydrogens is 398 g/mol. The maximum absolute atomic E-state index is 12.6. The Balaban J connectivity index is 1.62. The summed E-state index contributed by atoms with van der Waals surface area (Å²) in [5, 5.41) is 2.92. The van der Waals surface area contributed by atoms with Gasteiger partial charge in [-0.15, -0.1) is 0 Å². The molecule has 2 aromatic carbocycles. The number of sulfonamides is 1. The molecule has 30 heavy (non-hydrogen) atoms. The molecule has 0 aliphatic rings. The van der Waals surface area contributed by atoms with Gasteiger partial charge in [-0.2, -0.15) is 0 Å². The minimum atomic E-state index is -3.36.